The topological polar surface area (TPSA) is 52.6 Å². The van der Waals surface area contributed by atoms with Gasteiger partial charge in [-0.1, -0.05) is 48.5 Å². The van der Waals surface area contributed by atoms with Crippen LogP contribution in [0.15, 0.2) is 60.7 Å². The summed E-state index contributed by atoms with van der Waals surface area (Å²) in [5.74, 6) is 0.0949. The van der Waals surface area contributed by atoms with Crippen LogP contribution in [0.25, 0.3) is 0 Å². The molecule has 0 amide bonds. The molecule has 1 atom stereocenters. The molecule has 0 aliphatic carbocycles. The molecule has 22 heavy (non-hydrogen) atoms. The van der Waals surface area contributed by atoms with Crippen molar-refractivity contribution >= 4 is 11.8 Å². The van der Waals surface area contributed by atoms with Crippen molar-refractivity contribution in [3.63, 3.8) is 0 Å². The second-order valence-electron chi connectivity index (χ2n) is 4.76. The third-order valence-corrected chi connectivity index (χ3v) is 3.21. The lowest BCUT2D eigenvalue weighted by molar-refractivity contribution is -0.141. The number of ketones is 1. The number of methoxy groups -OCH3 is 1. The molecule has 4 nitrogen and oxygen atoms in total. The zero-order chi connectivity index (χ0) is 15.8. The van der Waals surface area contributed by atoms with Crippen LogP contribution in [-0.2, 0) is 9.53 Å². The van der Waals surface area contributed by atoms with Crippen LogP contribution in [0.1, 0.15) is 23.2 Å². The summed E-state index contributed by atoms with van der Waals surface area (Å²) in [7, 11) is 1.33. The van der Waals surface area contributed by atoms with Crippen molar-refractivity contribution in [2.45, 2.75) is 18.9 Å². The number of hydrogen-bond donors (Lipinski definition) is 0. The Balaban J connectivity index is 2.13. The van der Waals surface area contributed by atoms with E-state index in [-0.39, 0.29) is 24.6 Å². The van der Waals surface area contributed by atoms with Crippen molar-refractivity contribution in [1.82, 2.24) is 0 Å². The summed E-state index contributed by atoms with van der Waals surface area (Å²) < 4.78 is 10.4. The number of rotatable bonds is 7. The summed E-state index contributed by atoms with van der Waals surface area (Å²) in [6.45, 7) is 0. The number of esters is 1. The molecule has 2 rings (SSSR count). The second-order valence-corrected chi connectivity index (χ2v) is 4.76. The van der Waals surface area contributed by atoms with Gasteiger partial charge in [-0.2, -0.15) is 0 Å². The summed E-state index contributed by atoms with van der Waals surface area (Å²) in [5, 5.41) is 0. The van der Waals surface area contributed by atoms with E-state index < -0.39 is 6.10 Å². The van der Waals surface area contributed by atoms with Crippen LogP contribution < -0.4 is 4.74 Å². The van der Waals surface area contributed by atoms with Crippen molar-refractivity contribution in [1.29, 1.82) is 0 Å². The maximum atomic E-state index is 12.6. The first-order chi connectivity index (χ1) is 10.7. The number of hydrogen-bond acceptors (Lipinski definition) is 4. The Hall–Kier alpha value is -2.62. The molecule has 0 aliphatic rings. The number of para-hydroxylation sites is 1. The molecule has 0 spiro atoms. The van der Waals surface area contributed by atoms with Gasteiger partial charge in [0.15, 0.2) is 6.10 Å². The van der Waals surface area contributed by atoms with Gasteiger partial charge in [0, 0.05) is 18.4 Å². The standard InChI is InChI=1S/C18H18O4/c1-21-17(19)13-12-16(22-15-10-6-3-7-11-15)18(20)14-8-4-2-5-9-14/h2-11,16H,12-13H2,1H3. The zero-order valence-corrected chi connectivity index (χ0v) is 12.4. The van der Waals surface area contributed by atoms with Gasteiger partial charge in [-0.3, -0.25) is 9.59 Å². The average molecular weight is 298 g/mol. The molecule has 4 heteroatoms. The molecule has 0 N–H and O–H groups in total. The molecule has 0 saturated heterocycles. The van der Waals surface area contributed by atoms with E-state index in [4.69, 9.17) is 4.74 Å². The van der Waals surface area contributed by atoms with Gasteiger partial charge in [0.1, 0.15) is 5.75 Å². The molecule has 0 bridgehead atoms. The fraction of sp³-hybridized carbons (Fsp3) is 0.222. The Morgan fingerprint density at radius 3 is 2.14 bits per heavy atom. The number of Topliss-reactive ketones (excluding diaryl/α,β-unsaturated/α-hetero) is 1. The molecule has 0 radical (unpaired) electrons. The van der Waals surface area contributed by atoms with Gasteiger partial charge in [-0.05, 0) is 12.1 Å². The van der Waals surface area contributed by atoms with Gasteiger partial charge in [0.05, 0.1) is 7.11 Å². The maximum Gasteiger partial charge on any atom is 0.305 e. The highest BCUT2D eigenvalue weighted by Gasteiger charge is 2.23. The minimum atomic E-state index is -0.719. The molecule has 1 unspecified atom stereocenters. The number of ether oxygens (including phenoxy) is 2. The predicted molar refractivity (Wildman–Crippen MR) is 82.9 cm³/mol. The van der Waals surface area contributed by atoms with Crippen LogP contribution in [0, 0.1) is 0 Å². The highest BCUT2D eigenvalue weighted by atomic mass is 16.5. The van der Waals surface area contributed by atoms with Crippen molar-refractivity contribution < 1.29 is 19.1 Å². The molecular weight excluding hydrogens is 280 g/mol. The second kappa shape index (κ2) is 7.98. The molecule has 0 heterocycles. The predicted octanol–water partition coefficient (Wildman–Crippen LogP) is 3.27. The van der Waals surface area contributed by atoms with Crippen LogP contribution in [0.5, 0.6) is 5.75 Å². The van der Waals surface area contributed by atoms with E-state index in [9.17, 15) is 9.59 Å². The first kappa shape index (κ1) is 15.8. The number of carbonyl (C=O) groups is 2. The minimum absolute atomic E-state index is 0.132. The third-order valence-electron chi connectivity index (χ3n) is 3.21. The number of benzene rings is 2. The molecular formula is C18H18O4. The molecule has 2 aromatic carbocycles. The lowest BCUT2D eigenvalue weighted by Gasteiger charge is -2.17. The van der Waals surface area contributed by atoms with Gasteiger partial charge in [-0.15, -0.1) is 0 Å². The largest absolute Gasteiger partial charge is 0.482 e. The normalized spacial score (nSPS) is 11.5. The third kappa shape index (κ3) is 4.45. The van der Waals surface area contributed by atoms with E-state index in [1.165, 1.54) is 7.11 Å². The fourth-order valence-corrected chi connectivity index (χ4v) is 2.05. The van der Waals surface area contributed by atoms with Crippen molar-refractivity contribution in [2.75, 3.05) is 7.11 Å². The van der Waals surface area contributed by atoms with E-state index in [1.54, 1.807) is 36.4 Å². The fourth-order valence-electron chi connectivity index (χ4n) is 2.05. The Labute approximate surface area is 129 Å². The first-order valence-electron chi connectivity index (χ1n) is 7.08. The van der Waals surface area contributed by atoms with Crippen LogP contribution in [0.2, 0.25) is 0 Å². The summed E-state index contributed by atoms with van der Waals surface area (Å²) in [4.78, 5) is 23.9. The van der Waals surface area contributed by atoms with Gasteiger partial charge in [0.2, 0.25) is 5.78 Å². The smallest absolute Gasteiger partial charge is 0.305 e. The van der Waals surface area contributed by atoms with E-state index in [0.29, 0.717) is 11.3 Å². The van der Waals surface area contributed by atoms with Crippen LogP contribution >= 0.6 is 0 Å². The molecule has 0 fully saturated rings. The highest BCUT2D eigenvalue weighted by Crippen LogP contribution is 2.17. The van der Waals surface area contributed by atoms with Gasteiger partial charge in [-0.25, -0.2) is 0 Å². The molecule has 2 aromatic rings. The van der Waals surface area contributed by atoms with E-state index in [2.05, 4.69) is 4.74 Å². The lowest BCUT2D eigenvalue weighted by atomic mass is 10.0. The Bertz CT molecular complexity index is 607. The van der Waals surface area contributed by atoms with Crippen LogP contribution in [0.4, 0.5) is 0 Å². The number of carbonyl (C=O) groups excluding carboxylic acids is 2. The Kier molecular flexibility index (Phi) is 5.72. The average Bonchev–Trinajstić information content (AvgIpc) is 2.59. The highest BCUT2D eigenvalue weighted by molar-refractivity contribution is 5.99. The molecule has 114 valence electrons. The van der Waals surface area contributed by atoms with Crippen LogP contribution in [-0.4, -0.2) is 25.0 Å². The SMILES string of the molecule is COC(=O)CCC(Oc1ccccc1)C(=O)c1ccccc1. The Morgan fingerprint density at radius 1 is 0.955 bits per heavy atom. The van der Waals surface area contributed by atoms with E-state index in [0.717, 1.165) is 0 Å². The van der Waals surface area contributed by atoms with Gasteiger partial charge in [0.25, 0.3) is 0 Å². The first-order valence-corrected chi connectivity index (χ1v) is 7.08. The quantitative estimate of drug-likeness (QED) is 0.581. The maximum absolute atomic E-state index is 12.6. The summed E-state index contributed by atoms with van der Waals surface area (Å²) in [5.41, 5.74) is 0.563. The molecule has 0 saturated carbocycles. The monoisotopic (exact) mass is 298 g/mol. The minimum Gasteiger partial charge on any atom is -0.482 e. The van der Waals surface area contributed by atoms with Gasteiger partial charge < -0.3 is 9.47 Å². The Morgan fingerprint density at radius 2 is 1.55 bits per heavy atom. The van der Waals surface area contributed by atoms with E-state index >= 15 is 0 Å². The van der Waals surface area contributed by atoms with Crippen molar-refractivity contribution in [3.05, 3.63) is 66.2 Å². The van der Waals surface area contributed by atoms with Crippen LogP contribution in [0.3, 0.4) is 0 Å². The summed E-state index contributed by atoms with van der Waals surface area (Å²) in [6, 6.07) is 18.0. The summed E-state index contributed by atoms with van der Waals surface area (Å²) in [6.07, 6.45) is -0.314. The van der Waals surface area contributed by atoms with E-state index in [1.807, 2.05) is 24.3 Å². The van der Waals surface area contributed by atoms with Gasteiger partial charge >= 0.3 is 5.97 Å². The molecule has 0 aliphatic heterocycles. The lowest BCUT2D eigenvalue weighted by Crippen LogP contribution is -2.28. The zero-order valence-electron chi connectivity index (χ0n) is 12.4. The molecule has 0 aromatic heterocycles. The van der Waals surface area contributed by atoms with Crippen molar-refractivity contribution in [3.8, 4) is 5.75 Å². The summed E-state index contributed by atoms with van der Waals surface area (Å²) >= 11 is 0. The van der Waals surface area contributed by atoms with Crippen molar-refractivity contribution in [2.24, 2.45) is 0 Å².